The third-order valence-corrected chi connectivity index (χ3v) is 13.2. The molecule has 0 fully saturated rings. The molecule has 356 valence electrons. The molecule has 0 saturated carbocycles. The van der Waals surface area contributed by atoms with Gasteiger partial charge in [0.15, 0.2) is 11.6 Å². The Morgan fingerprint density at radius 3 is 1.18 bits per heavy atom. The first-order valence-corrected chi connectivity index (χ1v) is 25.1. The van der Waals surface area contributed by atoms with Crippen molar-refractivity contribution in [3.63, 3.8) is 0 Å². The molecular formula is C54H42N10O6S2. The van der Waals surface area contributed by atoms with E-state index in [1.165, 1.54) is 49.1 Å². The molecule has 0 amide bonds. The molecule has 72 heavy (non-hydrogen) atoms. The van der Waals surface area contributed by atoms with Crippen LogP contribution in [0.4, 0.5) is 57.4 Å². The van der Waals surface area contributed by atoms with Gasteiger partial charge >= 0.3 is 0 Å². The number of benzene rings is 8. The van der Waals surface area contributed by atoms with Crippen LogP contribution in [0.3, 0.4) is 0 Å². The highest BCUT2D eigenvalue weighted by molar-refractivity contribution is 7.86. The van der Waals surface area contributed by atoms with Crippen LogP contribution in [0.5, 0.6) is 0 Å². The second-order valence-electron chi connectivity index (χ2n) is 16.3. The van der Waals surface area contributed by atoms with Crippen LogP contribution >= 0.6 is 0 Å². The van der Waals surface area contributed by atoms with Crippen LogP contribution < -0.4 is 31.5 Å². The normalized spacial score (nSPS) is 11.6. The minimum absolute atomic E-state index is 0.00502. The van der Waals surface area contributed by atoms with E-state index in [2.05, 4.69) is 41.4 Å². The van der Waals surface area contributed by atoms with Crippen molar-refractivity contribution in [3.8, 4) is 0 Å². The molecule has 2 heterocycles. The molecule has 0 unspecified atom stereocenters. The Hall–Kier alpha value is -9.20. The summed E-state index contributed by atoms with van der Waals surface area (Å²) < 4.78 is 74.5. The number of fused-ring (bicyclic) bond motifs is 2. The SMILES string of the molecule is O=S(=O)(O)c1cc(N(Nc2ccc3ccccc3c2)c2cc(Nc3ccccc3)ncn2)ccc1C=Cc1ccc(N(Nc2ccc3ccccc3c2)c2cc(Nc3ccccc3)ncn2)cc1S(=O)(=O)O. The largest absolute Gasteiger partial charge is 0.340 e. The van der Waals surface area contributed by atoms with Gasteiger partial charge in [-0.15, -0.1) is 0 Å². The number of hydrazine groups is 2. The first-order chi connectivity index (χ1) is 34.9. The summed E-state index contributed by atoms with van der Waals surface area (Å²) in [5, 5.41) is 13.5. The Labute approximate surface area is 414 Å². The molecule has 16 nitrogen and oxygen atoms in total. The van der Waals surface area contributed by atoms with Crippen molar-refractivity contribution in [1.82, 2.24) is 19.9 Å². The quantitative estimate of drug-likeness (QED) is 0.0302. The van der Waals surface area contributed by atoms with Crippen molar-refractivity contribution in [2.45, 2.75) is 9.79 Å². The lowest BCUT2D eigenvalue weighted by Crippen LogP contribution is -2.26. The van der Waals surface area contributed by atoms with Gasteiger partial charge < -0.3 is 10.6 Å². The maximum atomic E-state index is 13.3. The van der Waals surface area contributed by atoms with Crippen LogP contribution in [-0.4, -0.2) is 45.9 Å². The molecule has 0 aliphatic heterocycles. The Kier molecular flexibility index (Phi) is 12.9. The molecule has 0 radical (unpaired) electrons. The smallest absolute Gasteiger partial charge is 0.295 e. The molecular weight excluding hydrogens is 949 g/mol. The fraction of sp³-hybridized carbons (Fsp3) is 0. The van der Waals surface area contributed by atoms with Gasteiger partial charge in [-0.2, -0.15) is 16.8 Å². The predicted molar refractivity (Wildman–Crippen MR) is 284 cm³/mol. The topological polar surface area (TPSA) is 215 Å². The lowest BCUT2D eigenvalue weighted by atomic mass is 10.1. The van der Waals surface area contributed by atoms with E-state index in [4.69, 9.17) is 0 Å². The maximum absolute atomic E-state index is 13.3. The lowest BCUT2D eigenvalue weighted by Gasteiger charge is -2.27. The van der Waals surface area contributed by atoms with E-state index in [9.17, 15) is 25.9 Å². The number of aromatic nitrogens is 4. The fourth-order valence-electron chi connectivity index (χ4n) is 7.92. The Morgan fingerprint density at radius 1 is 0.389 bits per heavy atom. The number of nitrogens with one attached hydrogen (secondary N) is 4. The van der Waals surface area contributed by atoms with Gasteiger partial charge in [-0.25, -0.2) is 30.0 Å². The van der Waals surface area contributed by atoms with Crippen LogP contribution in [0.15, 0.2) is 217 Å². The van der Waals surface area contributed by atoms with E-state index < -0.39 is 30.0 Å². The number of para-hydroxylation sites is 2. The standard InChI is InChI=1S/C54H42N10O6S2/c65-71(66,67)49-31-47(63(61-45-25-21-37-11-7-9-13-41(37)29-45)53-33-51(55-35-57-53)59-43-15-3-1-4-16-43)27-23-39(49)19-20-40-24-28-48(32-50(40)72(68,69)70)64(62-46-26-22-38-12-8-10-14-42(38)30-46)54-34-52(56-36-58-54)60-44-17-5-2-6-18-44/h1-36,61-62H,(H,55,57,59)(H,56,58,60)(H,65,66,67)(H,68,69,70). The van der Waals surface area contributed by atoms with Crippen LogP contribution in [-0.2, 0) is 20.2 Å². The molecule has 0 bridgehead atoms. The van der Waals surface area contributed by atoms with E-state index in [0.29, 0.717) is 34.6 Å². The van der Waals surface area contributed by atoms with Crippen molar-refractivity contribution in [2.24, 2.45) is 0 Å². The van der Waals surface area contributed by atoms with Crippen molar-refractivity contribution in [3.05, 3.63) is 218 Å². The number of hydrogen-bond acceptors (Lipinski definition) is 14. The van der Waals surface area contributed by atoms with E-state index in [-0.39, 0.29) is 22.5 Å². The minimum atomic E-state index is -4.93. The summed E-state index contributed by atoms with van der Waals surface area (Å²) in [4.78, 5) is 16.8. The molecule has 0 aliphatic carbocycles. The second kappa shape index (κ2) is 20.0. The van der Waals surface area contributed by atoms with Crippen LogP contribution in [0.2, 0.25) is 0 Å². The molecule has 6 N–H and O–H groups in total. The second-order valence-corrected chi connectivity index (χ2v) is 19.0. The van der Waals surface area contributed by atoms with Crippen molar-refractivity contribution >= 4 is 111 Å². The van der Waals surface area contributed by atoms with Crippen LogP contribution in [0.1, 0.15) is 11.1 Å². The maximum Gasteiger partial charge on any atom is 0.295 e. The predicted octanol–water partition coefficient (Wildman–Crippen LogP) is 12.1. The number of hydrogen-bond donors (Lipinski definition) is 6. The van der Waals surface area contributed by atoms with Gasteiger partial charge in [0.05, 0.1) is 22.7 Å². The zero-order valence-corrected chi connectivity index (χ0v) is 39.4. The van der Waals surface area contributed by atoms with Crippen LogP contribution in [0.25, 0.3) is 33.7 Å². The fourth-order valence-corrected chi connectivity index (χ4v) is 9.33. The van der Waals surface area contributed by atoms with Gasteiger partial charge in [0, 0.05) is 23.5 Å². The summed E-state index contributed by atoms with van der Waals surface area (Å²) in [5.74, 6) is 1.52. The highest BCUT2D eigenvalue weighted by Gasteiger charge is 2.23. The highest BCUT2D eigenvalue weighted by atomic mass is 32.2. The lowest BCUT2D eigenvalue weighted by molar-refractivity contribution is 0.480. The monoisotopic (exact) mass is 990 g/mol. The third-order valence-electron chi connectivity index (χ3n) is 11.3. The van der Waals surface area contributed by atoms with Gasteiger partial charge in [-0.3, -0.25) is 20.0 Å². The van der Waals surface area contributed by atoms with E-state index >= 15 is 0 Å². The highest BCUT2D eigenvalue weighted by Crippen LogP contribution is 2.35. The van der Waals surface area contributed by atoms with Gasteiger partial charge in [-0.1, -0.05) is 121 Å². The van der Waals surface area contributed by atoms with E-state index in [0.717, 1.165) is 32.9 Å². The molecule has 0 spiro atoms. The molecule has 8 aromatic carbocycles. The molecule has 10 aromatic rings. The summed E-state index contributed by atoms with van der Waals surface area (Å²) in [6.07, 6.45) is 5.39. The molecule has 0 saturated heterocycles. The van der Waals surface area contributed by atoms with Gasteiger partial charge in [0.25, 0.3) is 20.2 Å². The van der Waals surface area contributed by atoms with Gasteiger partial charge in [0.1, 0.15) is 34.1 Å². The summed E-state index contributed by atoms with van der Waals surface area (Å²) >= 11 is 0. The number of anilines is 10. The minimum Gasteiger partial charge on any atom is -0.340 e. The molecule has 18 heteroatoms. The summed E-state index contributed by atoms with van der Waals surface area (Å²) in [6, 6.07) is 58.0. The summed E-state index contributed by atoms with van der Waals surface area (Å²) in [5.41, 5.74) is 10.0. The summed E-state index contributed by atoms with van der Waals surface area (Å²) in [6.45, 7) is 0. The zero-order valence-electron chi connectivity index (χ0n) is 37.8. The van der Waals surface area contributed by atoms with Gasteiger partial charge in [0.2, 0.25) is 0 Å². The first-order valence-electron chi connectivity index (χ1n) is 22.2. The number of rotatable bonds is 16. The van der Waals surface area contributed by atoms with Crippen molar-refractivity contribution in [2.75, 3.05) is 31.5 Å². The molecule has 0 aliphatic rings. The third kappa shape index (κ3) is 10.8. The zero-order chi connectivity index (χ0) is 49.7. The number of nitrogens with zero attached hydrogens (tertiary/aromatic N) is 6. The van der Waals surface area contributed by atoms with Crippen molar-refractivity contribution < 1.29 is 25.9 Å². The molecule has 2 aromatic heterocycles. The average Bonchev–Trinajstić information content (AvgIpc) is 3.39. The van der Waals surface area contributed by atoms with Crippen molar-refractivity contribution in [1.29, 1.82) is 0 Å². The Morgan fingerprint density at radius 2 is 0.778 bits per heavy atom. The summed E-state index contributed by atoms with van der Waals surface area (Å²) in [7, 11) is -9.86. The Bertz CT molecular complexity index is 3620. The molecule has 10 rings (SSSR count). The molecule has 0 atom stereocenters. The first kappa shape index (κ1) is 46.5. The van der Waals surface area contributed by atoms with E-state index in [1.807, 2.05) is 146 Å². The van der Waals surface area contributed by atoms with Gasteiger partial charge in [-0.05, 0) is 105 Å². The average molecular weight is 991 g/mol. The van der Waals surface area contributed by atoms with Crippen LogP contribution in [0, 0.1) is 0 Å². The van der Waals surface area contributed by atoms with E-state index in [1.54, 1.807) is 34.3 Å². The Balaban J connectivity index is 1.02.